The molecule has 0 bridgehead atoms. The Bertz CT molecular complexity index is 120. The molecule has 0 aromatic heterocycles. The van der Waals surface area contributed by atoms with E-state index in [-0.39, 0.29) is 12.7 Å². The van der Waals surface area contributed by atoms with Crippen LogP contribution in [-0.2, 0) is 4.74 Å². The summed E-state index contributed by atoms with van der Waals surface area (Å²) in [5.41, 5.74) is 0. The second kappa shape index (κ2) is 7.52. The van der Waals surface area contributed by atoms with Crippen LogP contribution in [0.3, 0.4) is 0 Å². The molecule has 11 heavy (non-hydrogen) atoms. The van der Waals surface area contributed by atoms with Gasteiger partial charge in [-0.05, 0) is 26.2 Å². The van der Waals surface area contributed by atoms with Crippen molar-refractivity contribution in [2.45, 2.75) is 32.3 Å². The fourth-order valence-corrected chi connectivity index (χ4v) is 0.688. The first kappa shape index (κ1) is 10.4. The summed E-state index contributed by atoms with van der Waals surface area (Å²) >= 11 is 0. The molecular weight excluding hydrogens is 142 g/mol. The fraction of sp³-hybridized carbons (Fsp3) is 0.875. The maximum Gasteiger partial charge on any atom is 0.141 e. The van der Waals surface area contributed by atoms with E-state index in [1.54, 1.807) is 6.92 Å². The van der Waals surface area contributed by atoms with Crippen LogP contribution in [-0.4, -0.2) is 24.4 Å². The van der Waals surface area contributed by atoms with Crippen LogP contribution in [0.1, 0.15) is 26.2 Å². The van der Waals surface area contributed by atoms with Crippen LogP contribution in [0.25, 0.3) is 0 Å². The van der Waals surface area contributed by atoms with Crippen molar-refractivity contribution in [3.8, 4) is 6.07 Å². The third-order valence-corrected chi connectivity index (χ3v) is 1.35. The average Bonchev–Trinajstić information content (AvgIpc) is 2.04. The minimum atomic E-state index is -0.302. The van der Waals surface area contributed by atoms with E-state index in [1.165, 1.54) is 0 Å². The highest BCUT2D eigenvalue weighted by molar-refractivity contribution is 4.78. The SMILES string of the molecule is CC(C#N)OCCCCCO. The fourth-order valence-electron chi connectivity index (χ4n) is 0.688. The largest absolute Gasteiger partial charge is 0.396 e. The molecule has 0 heterocycles. The number of ether oxygens (including phenoxy) is 1. The predicted molar refractivity (Wildman–Crippen MR) is 42.0 cm³/mol. The first-order chi connectivity index (χ1) is 5.31. The highest BCUT2D eigenvalue weighted by Gasteiger charge is 1.96. The Kier molecular flexibility index (Phi) is 7.11. The third kappa shape index (κ3) is 7.31. The molecule has 1 N–H and O–H groups in total. The molecule has 0 aliphatic heterocycles. The molecule has 0 aliphatic carbocycles. The molecule has 1 unspecified atom stereocenters. The van der Waals surface area contributed by atoms with Crippen molar-refractivity contribution in [3.63, 3.8) is 0 Å². The summed E-state index contributed by atoms with van der Waals surface area (Å²) < 4.78 is 5.09. The number of unbranched alkanes of at least 4 members (excludes halogenated alkanes) is 2. The second-order valence-electron chi connectivity index (χ2n) is 2.43. The third-order valence-electron chi connectivity index (χ3n) is 1.35. The summed E-state index contributed by atoms with van der Waals surface area (Å²) in [6.07, 6.45) is 2.41. The van der Waals surface area contributed by atoms with E-state index < -0.39 is 0 Å². The van der Waals surface area contributed by atoms with Gasteiger partial charge in [0.2, 0.25) is 0 Å². The molecule has 0 aromatic rings. The lowest BCUT2D eigenvalue weighted by Gasteiger charge is -2.03. The number of hydrogen-bond acceptors (Lipinski definition) is 3. The molecular formula is C8H15NO2. The predicted octanol–water partition coefficient (Wildman–Crippen LogP) is 1.08. The number of aliphatic hydroxyl groups is 1. The number of rotatable bonds is 6. The average molecular weight is 157 g/mol. The lowest BCUT2D eigenvalue weighted by molar-refractivity contribution is 0.0975. The molecule has 3 heteroatoms. The molecule has 0 radical (unpaired) electrons. The summed E-state index contributed by atoms with van der Waals surface area (Å²) in [6.45, 7) is 2.59. The maximum atomic E-state index is 8.43. The van der Waals surface area contributed by atoms with Crippen molar-refractivity contribution >= 4 is 0 Å². The van der Waals surface area contributed by atoms with Crippen molar-refractivity contribution in [3.05, 3.63) is 0 Å². The molecule has 64 valence electrons. The van der Waals surface area contributed by atoms with Crippen molar-refractivity contribution in [1.82, 2.24) is 0 Å². The summed E-state index contributed by atoms with van der Waals surface area (Å²) in [6, 6.07) is 1.98. The highest BCUT2D eigenvalue weighted by atomic mass is 16.5. The van der Waals surface area contributed by atoms with E-state index in [4.69, 9.17) is 15.1 Å². The van der Waals surface area contributed by atoms with Gasteiger partial charge in [-0.3, -0.25) is 0 Å². The first-order valence-corrected chi connectivity index (χ1v) is 3.93. The second-order valence-corrected chi connectivity index (χ2v) is 2.43. The van der Waals surface area contributed by atoms with Crippen LogP contribution < -0.4 is 0 Å². The Morgan fingerprint density at radius 2 is 2.18 bits per heavy atom. The van der Waals surface area contributed by atoms with Crippen molar-refractivity contribution < 1.29 is 9.84 Å². The van der Waals surface area contributed by atoms with E-state index in [9.17, 15) is 0 Å². The smallest absolute Gasteiger partial charge is 0.141 e. The molecule has 0 spiro atoms. The lowest BCUT2D eigenvalue weighted by atomic mass is 10.2. The standard InChI is InChI=1S/C8H15NO2/c1-8(7-9)11-6-4-2-3-5-10/h8,10H,2-6H2,1H3. The van der Waals surface area contributed by atoms with E-state index in [0.29, 0.717) is 6.61 Å². The van der Waals surface area contributed by atoms with Gasteiger partial charge in [0.15, 0.2) is 0 Å². The molecule has 0 amide bonds. The molecule has 0 fully saturated rings. The van der Waals surface area contributed by atoms with E-state index >= 15 is 0 Å². The lowest BCUT2D eigenvalue weighted by Crippen LogP contribution is -2.05. The topological polar surface area (TPSA) is 53.2 Å². The van der Waals surface area contributed by atoms with Crippen molar-refractivity contribution in [2.24, 2.45) is 0 Å². The van der Waals surface area contributed by atoms with Gasteiger partial charge in [-0.25, -0.2) is 0 Å². The van der Waals surface area contributed by atoms with Crippen molar-refractivity contribution in [1.29, 1.82) is 5.26 Å². The van der Waals surface area contributed by atoms with Crippen LogP contribution in [0.4, 0.5) is 0 Å². The quantitative estimate of drug-likeness (QED) is 0.587. The molecule has 0 aromatic carbocycles. The molecule has 0 rings (SSSR count). The minimum Gasteiger partial charge on any atom is -0.396 e. The van der Waals surface area contributed by atoms with Crippen LogP contribution in [0.15, 0.2) is 0 Å². The highest BCUT2D eigenvalue weighted by Crippen LogP contribution is 1.96. The van der Waals surface area contributed by atoms with Gasteiger partial charge in [-0.15, -0.1) is 0 Å². The van der Waals surface area contributed by atoms with Crippen LogP contribution >= 0.6 is 0 Å². The van der Waals surface area contributed by atoms with Crippen molar-refractivity contribution in [2.75, 3.05) is 13.2 Å². The Balaban J connectivity index is 2.97. The zero-order valence-electron chi connectivity index (χ0n) is 6.92. The summed E-state index contributed by atoms with van der Waals surface area (Å²) in [5.74, 6) is 0. The van der Waals surface area contributed by atoms with Crippen LogP contribution in [0.2, 0.25) is 0 Å². The van der Waals surface area contributed by atoms with Gasteiger partial charge < -0.3 is 9.84 Å². The van der Waals surface area contributed by atoms with Gasteiger partial charge in [0.1, 0.15) is 6.10 Å². The molecule has 0 aliphatic rings. The normalized spacial score (nSPS) is 12.5. The Morgan fingerprint density at radius 3 is 2.73 bits per heavy atom. The summed E-state index contributed by atoms with van der Waals surface area (Å²) in [7, 11) is 0. The Morgan fingerprint density at radius 1 is 1.45 bits per heavy atom. The molecule has 0 saturated heterocycles. The molecule has 3 nitrogen and oxygen atoms in total. The number of nitriles is 1. The van der Waals surface area contributed by atoms with Crippen LogP contribution in [0.5, 0.6) is 0 Å². The van der Waals surface area contributed by atoms with Gasteiger partial charge in [0.05, 0.1) is 6.07 Å². The monoisotopic (exact) mass is 157 g/mol. The molecule has 1 atom stereocenters. The number of hydrogen-bond donors (Lipinski definition) is 1. The zero-order chi connectivity index (χ0) is 8.53. The molecule has 0 saturated carbocycles. The number of nitrogens with zero attached hydrogens (tertiary/aromatic N) is 1. The Hall–Kier alpha value is -0.590. The van der Waals surface area contributed by atoms with E-state index in [0.717, 1.165) is 19.3 Å². The van der Waals surface area contributed by atoms with Gasteiger partial charge in [0, 0.05) is 13.2 Å². The van der Waals surface area contributed by atoms with E-state index in [2.05, 4.69) is 0 Å². The summed E-state index contributed by atoms with van der Waals surface area (Å²) in [5, 5.41) is 16.8. The summed E-state index contributed by atoms with van der Waals surface area (Å²) in [4.78, 5) is 0. The zero-order valence-corrected chi connectivity index (χ0v) is 6.92. The van der Waals surface area contributed by atoms with Gasteiger partial charge in [0.25, 0.3) is 0 Å². The van der Waals surface area contributed by atoms with Crippen LogP contribution in [0, 0.1) is 11.3 Å². The van der Waals surface area contributed by atoms with E-state index in [1.807, 2.05) is 6.07 Å². The minimum absolute atomic E-state index is 0.244. The number of aliphatic hydroxyl groups excluding tert-OH is 1. The first-order valence-electron chi connectivity index (χ1n) is 3.93. The Labute approximate surface area is 67.6 Å². The maximum absolute atomic E-state index is 8.43. The van der Waals surface area contributed by atoms with Gasteiger partial charge in [-0.2, -0.15) is 5.26 Å². The van der Waals surface area contributed by atoms with Gasteiger partial charge >= 0.3 is 0 Å². The van der Waals surface area contributed by atoms with Gasteiger partial charge in [-0.1, -0.05) is 0 Å².